The maximum atomic E-state index is 13.4. The number of carbonyl (C=O) groups is 3. The molecule has 0 fully saturated rings. The molecule has 1 aromatic heterocycles. The molecule has 34 heavy (non-hydrogen) atoms. The Balaban J connectivity index is 1.60. The van der Waals surface area contributed by atoms with E-state index in [1.807, 2.05) is 30.3 Å². The van der Waals surface area contributed by atoms with Crippen LogP contribution in [-0.4, -0.2) is 58.6 Å². The van der Waals surface area contributed by atoms with E-state index in [1.165, 1.54) is 16.8 Å². The van der Waals surface area contributed by atoms with Crippen LogP contribution in [-0.2, 0) is 16.1 Å². The number of aryl methyl sites for hydroxylation is 1. The molecule has 1 atom stereocenters. The van der Waals surface area contributed by atoms with Crippen LogP contribution in [0, 0.1) is 6.92 Å². The van der Waals surface area contributed by atoms with Gasteiger partial charge in [-0.1, -0.05) is 47.1 Å². The quantitative estimate of drug-likeness (QED) is 0.570. The van der Waals surface area contributed by atoms with Crippen molar-refractivity contribution in [1.29, 1.82) is 0 Å². The Bertz CT molecular complexity index is 1260. The fraction of sp³-hybridized carbons (Fsp3) is 0.250. The second-order valence-corrected chi connectivity index (χ2v) is 8.54. The maximum absolute atomic E-state index is 13.4. The van der Waals surface area contributed by atoms with Crippen LogP contribution in [0.15, 0.2) is 53.1 Å². The number of aliphatic carboxylic acids is 1. The Morgan fingerprint density at radius 1 is 1.18 bits per heavy atom. The third-order valence-corrected chi connectivity index (χ3v) is 6.05. The van der Waals surface area contributed by atoms with Crippen molar-refractivity contribution in [1.82, 2.24) is 15.0 Å². The number of halogens is 1. The predicted octanol–water partition coefficient (Wildman–Crippen LogP) is 3.96. The SMILES string of the molecule is Cc1onc(-c2ccccc2)c1CN(C)C(=O)N(C)C1C(=O)N(CC(=O)O)c2ccc(Cl)cc21. The second-order valence-electron chi connectivity index (χ2n) is 8.11. The smallest absolute Gasteiger partial charge is 0.323 e. The fourth-order valence-corrected chi connectivity index (χ4v) is 4.33. The van der Waals surface area contributed by atoms with Crippen molar-refractivity contribution >= 4 is 35.2 Å². The highest BCUT2D eigenvalue weighted by atomic mass is 35.5. The standard InChI is InChI=1S/C24H23ClN4O5/c1-14-18(21(26-34-14)15-7-5-4-6-8-15)12-27(2)24(33)28(3)22-17-11-16(25)9-10-19(17)29(23(22)32)13-20(30)31/h4-11,22H,12-13H2,1-3H3,(H,30,31). The summed E-state index contributed by atoms with van der Waals surface area (Å²) in [6.45, 7) is 1.46. The van der Waals surface area contributed by atoms with Gasteiger partial charge in [-0.05, 0) is 25.1 Å². The van der Waals surface area contributed by atoms with Crippen LogP contribution in [0.25, 0.3) is 11.3 Å². The molecule has 4 rings (SSSR count). The lowest BCUT2D eigenvalue weighted by molar-refractivity contribution is -0.137. The van der Waals surface area contributed by atoms with Gasteiger partial charge >= 0.3 is 12.0 Å². The van der Waals surface area contributed by atoms with Crippen molar-refractivity contribution in [2.24, 2.45) is 0 Å². The first-order valence-corrected chi connectivity index (χ1v) is 10.9. The molecule has 0 aliphatic carbocycles. The zero-order chi connectivity index (χ0) is 24.6. The van der Waals surface area contributed by atoms with E-state index in [4.69, 9.17) is 16.1 Å². The molecular formula is C24H23ClN4O5. The number of likely N-dealkylation sites (N-methyl/N-ethyl adjacent to an activating group) is 1. The van der Waals surface area contributed by atoms with Crippen molar-refractivity contribution in [2.45, 2.75) is 19.5 Å². The minimum Gasteiger partial charge on any atom is -0.480 e. The number of fused-ring (bicyclic) bond motifs is 1. The molecule has 0 saturated carbocycles. The van der Waals surface area contributed by atoms with Crippen molar-refractivity contribution < 1.29 is 24.0 Å². The van der Waals surface area contributed by atoms with E-state index in [1.54, 1.807) is 32.2 Å². The molecule has 0 saturated heterocycles. The highest BCUT2D eigenvalue weighted by Gasteiger charge is 2.43. The van der Waals surface area contributed by atoms with Crippen molar-refractivity contribution in [3.63, 3.8) is 0 Å². The van der Waals surface area contributed by atoms with Crippen LogP contribution in [0.2, 0.25) is 5.02 Å². The van der Waals surface area contributed by atoms with E-state index in [9.17, 15) is 19.5 Å². The van der Waals surface area contributed by atoms with Gasteiger partial charge in [0, 0.05) is 35.8 Å². The van der Waals surface area contributed by atoms with Gasteiger partial charge < -0.3 is 19.4 Å². The summed E-state index contributed by atoms with van der Waals surface area (Å²) in [6, 6.07) is 12.8. The molecule has 2 heterocycles. The average Bonchev–Trinajstić information content (AvgIpc) is 3.29. The van der Waals surface area contributed by atoms with E-state index in [0.717, 1.165) is 16.0 Å². The Labute approximate surface area is 201 Å². The van der Waals surface area contributed by atoms with Crippen LogP contribution in [0.4, 0.5) is 10.5 Å². The summed E-state index contributed by atoms with van der Waals surface area (Å²) in [6.07, 6.45) is 0. The van der Waals surface area contributed by atoms with Gasteiger partial charge in [-0.25, -0.2) is 4.79 Å². The Hall–Kier alpha value is -3.85. The first-order valence-electron chi connectivity index (χ1n) is 10.5. The van der Waals surface area contributed by atoms with E-state index < -0.39 is 30.5 Å². The second kappa shape index (κ2) is 9.18. The fourth-order valence-electron chi connectivity index (χ4n) is 4.15. The summed E-state index contributed by atoms with van der Waals surface area (Å²) >= 11 is 6.15. The van der Waals surface area contributed by atoms with Crippen molar-refractivity contribution in [3.8, 4) is 11.3 Å². The van der Waals surface area contributed by atoms with Gasteiger partial charge in [-0.3, -0.25) is 14.5 Å². The van der Waals surface area contributed by atoms with Gasteiger partial charge in [-0.2, -0.15) is 0 Å². The molecule has 176 valence electrons. The molecule has 3 aromatic rings. The summed E-state index contributed by atoms with van der Waals surface area (Å²) in [4.78, 5) is 41.8. The zero-order valence-electron chi connectivity index (χ0n) is 18.9. The number of urea groups is 1. The molecule has 2 aromatic carbocycles. The largest absolute Gasteiger partial charge is 0.480 e. The van der Waals surface area contributed by atoms with E-state index >= 15 is 0 Å². The molecule has 1 unspecified atom stereocenters. The number of anilines is 1. The summed E-state index contributed by atoms with van der Waals surface area (Å²) in [5.41, 5.74) is 3.16. The number of hydrogen-bond acceptors (Lipinski definition) is 5. The lowest BCUT2D eigenvalue weighted by atomic mass is 10.1. The Kier molecular flexibility index (Phi) is 6.30. The minimum absolute atomic E-state index is 0.199. The highest BCUT2D eigenvalue weighted by Crippen LogP contribution is 2.40. The maximum Gasteiger partial charge on any atom is 0.323 e. The van der Waals surface area contributed by atoms with Crippen molar-refractivity contribution in [2.75, 3.05) is 25.5 Å². The molecule has 10 heteroatoms. The average molecular weight is 483 g/mol. The van der Waals surface area contributed by atoms with Gasteiger partial charge in [-0.15, -0.1) is 0 Å². The molecule has 9 nitrogen and oxygen atoms in total. The number of carboxylic acids is 1. The molecule has 0 spiro atoms. The number of benzene rings is 2. The topological polar surface area (TPSA) is 107 Å². The number of nitrogens with zero attached hydrogens (tertiary/aromatic N) is 4. The third kappa shape index (κ3) is 4.22. The molecule has 0 radical (unpaired) electrons. The predicted molar refractivity (Wildman–Crippen MR) is 125 cm³/mol. The Morgan fingerprint density at radius 3 is 2.56 bits per heavy atom. The summed E-state index contributed by atoms with van der Waals surface area (Å²) in [5.74, 6) is -1.07. The number of aromatic nitrogens is 1. The number of hydrogen-bond donors (Lipinski definition) is 1. The minimum atomic E-state index is -1.16. The van der Waals surface area contributed by atoms with E-state index in [-0.39, 0.29) is 6.54 Å². The van der Waals surface area contributed by atoms with Crippen LogP contribution >= 0.6 is 11.6 Å². The number of carbonyl (C=O) groups excluding carboxylic acids is 2. The lowest BCUT2D eigenvalue weighted by Gasteiger charge is -2.29. The molecule has 3 amide bonds. The molecule has 1 aliphatic heterocycles. The number of carboxylic acid groups (broad SMARTS) is 1. The van der Waals surface area contributed by atoms with Crippen LogP contribution in [0.5, 0.6) is 0 Å². The first-order chi connectivity index (χ1) is 16.2. The Morgan fingerprint density at radius 2 is 1.88 bits per heavy atom. The molecule has 1 N–H and O–H groups in total. The molecule has 1 aliphatic rings. The first kappa shape index (κ1) is 23.3. The van der Waals surface area contributed by atoms with Gasteiger partial charge in [0.1, 0.15) is 24.0 Å². The van der Waals surface area contributed by atoms with Gasteiger partial charge in [0.15, 0.2) is 0 Å². The van der Waals surface area contributed by atoms with Gasteiger partial charge in [0.2, 0.25) is 0 Å². The van der Waals surface area contributed by atoms with Crippen LogP contribution in [0.3, 0.4) is 0 Å². The molecular weight excluding hydrogens is 460 g/mol. The van der Waals surface area contributed by atoms with Crippen LogP contribution < -0.4 is 4.90 Å². The number of amides is 3. The van der Waals surface area contributed by atoms with Crippen molar-refractivity contribution in [3.05, 3.63) is 70.4 Å². The zero-order valence-corrected chi connectivity index (χ0v) is 19.6. The van der Waals surface area contributed by atoms with Gasteiger partial charge in [0.05, 0.1) is 12.2 Å². The van der Waals surface area contributed by atoms with E-state index in [2.05, 4.69) is 5.16 Å². The molecule has 0 bridgehead atoms. The highest BCUT2D eigenvalue weighted by molar-refractivity contribution is 6.31. The van der Waals surface area contributed by atoms with Crippen LogP contribution in [0.1, 0.15) is 22.9 Å². The summed E-state index contributed by atoms with van der Waals surface area (Å²) in [7, 11) is 3.13. The third-order valence-electron chi connectivity index (χ3n) is 5.81. The van der Waals surface area contributed by atoms with E-state index in [0.29, 0.717) is 27.7 Å². The summed E-state index contributed by atoms with van der Waals surface area (Å²) in [5, 5.41) is 13.8. The number of rotatable bonds is 6. The summed E-state index contributed by atoms with van der Waals surface area (Å²) < 4.78 is 5.39. The van der Waals surface area contributed by atoms with Gasteiger partial charge in [0.25, 0.3) is 5.91 Å². The lowest BCUT2D eigenvalue weighted by Crippen LogP contribution is -2.45. The monoisotopic (exact) mass is 482 g/mol. The normalized spacial score (nSPS) is 14.8.